The van der Waals surface area contributed by atoms with E-state index in [0.717, 1.165) is 6.54 Å². The number of hydrogen-bond acceptors (Lipinski definition) is 3. The minimum atomic E-state index is -0.117. The van der Waals surface area contributed by atoms with E-state index in [1.807, 2.05) is 0 Å². The van der Waals surface area contributed by atoms with Gasteiger partial charge in [0, 0.05) is 5.92 Å². The van der Waals surface area contributed by atoms with Crippen molar-refractivity contribution in [2.45, 2.75) is 32.8 Å². The van der Waals surface area contributed by atoms with Gasteiger partial charge in [-0.2, -0.15) is 0 Å². The molecule has 0 aromatic rings. The van der Waals surface area contributed by atoms with Gasteiger partial charge in [0.2, 0.25) is 0 Å². The van der Waals surface area contributed by atoms with Gasteiger partial charge in [0.05, 0.1) is 6.54 Å². The SMILES string of the molecule is CC1(C)CC1C1(C)CN=C(N)O1. The molecule has 1 heterocycles. The first kappa shape index (κ1) is 7.90. The Bertz CT molecular complexity index is 247. The summed E-state index contributed by atoms with van der Waals surface area (Å²) < 4.78 is 5.54. The molecule has 1 aliphatic heterocycles. The molecule has 2 unspecified atom stereocenters. The van der Waals surface area contributed by atoms with Crippen LogP contribution in [0.4, 0.5) is 0 Å². The maximum Gasteiger partial charge on any atom is 0.282 e. The minimum absolute atomic E-state index is 0.117. The first-order chi connectivity index (χ1) is 5.44. The third-order valence-corrected chi connectivity index (χ3v) is 3.14. The van der Waals surface area contributed by atoms with Crippen LogP contribution in [0.3, 0.4) is 0 Å². The number of rotatable bonds is 1. The molecule has 1 saturated carbocycles. The van der Waals surface area contributed by atoms with Crippen LogP contribution < -0.4 is 5.73 Å². The highest BCUT2D eigenvalue weighted by molar-refractivity contribution is 5.73. The van der Waals surface area contributed by atoms with Crippen molar-refractivity contribution < 1.29 is 4.74 Å². The van der Waals surface area contributed by atoms with Crippen LogP contribution >= 0.6 is 0 Å². The Balaban J connectivity index is 2.07. The van der Waals surface area contributed by atoms with Crippen molar-refractivity contribution in [2.24, 2.45) is 22.1 Å². The second kappa shape index (κ2) is 1.95. The van der Waals surface area contributed by atoms with Crippen LogP contribution in [0, 0.1) is 11.3 Å². The maximum absolute atomic E-state index is 5.54. The molecule has 2 atom stereocenters. The van der Waals surface area contributed by atoms with Crippen molar-refractivity contribution in [3.63, 3.8) is 0 Å². The lowest BCUT2D eigenvalue weighted by atomic mass is 9.94. The number of aliphatic imine (C=N–C) groups is 1. The minimum Gasteiger partial charge on any atom is -0.457 e. The zero-order chi connectivity index (χ0) is 8.98. The molecule has 0 spiro atoms. The Hall–Kier alpha value is -0.730. The molecule has 2 aliphatic rings. The highest BCUT2D eigenvalue weighted by Gasteiger charge is 2.58. The van der Waals surface area contributed by atoms with Gasteiger partial charge in [-0.05, 0) is 18.8 Å². The molecule has 1 aliphatic carbocycles. The van der Waals surface area contributed by atoms with Crippen molar-refractivity contribution in [1.82, 2.24) is 0 Å². The fourth-order valence-corrected chi connectivity index (χ4v) is 2.23. The van der Waals surface area contributed by atoms with Crippen LogP contribution in [0.25, 0.3) is 0 Å². The predicted molar refractivity (Wildman–Crippen MR) is 47.9 cm³/mol. The van der Waals surface area contributed by atoms with Crippen molar-refractivity contribution >= 4 is 6.02 Å². The van der Waals surface area contributed by atoms with Crippen molar-refractivity contribution in [3.05, 3.63) is 0 Å². The zero-order valence-corrected chi connectivity index (χ0v) is 7.92. The van der Waals surface area contributed by atoms with E-state index in [2.05, 4.69) is 25.8 Å². The predicted octanol–water partition coefficient (Wildman–Crippen LogP) is 1.14. The molecule has 0 bridgehead atoms. The maximum atomic E-state index is 5.54. The average molecular weight is 168 g/mol. The fraction of sp³-hybridized carbons (Fsp3) is 0.889. The Morgan fingerprint density at radius 3 is 2.42 bits per heavy atom. The molecule has 0 amide bonds. The van der Waals surface area contributed by atoms with Gasteiger partial charge < -0.3 is 10.5 Å². The van der Waals surface area contributed by atoms with Crippen molar-refractivity contribution in [2.75, 3.05) is 6.54 Å². The average Bonchev–Trinajstić information content (AvgIpc) is 2.43. The van der Waals surface area contributed by atoms with E-state index in [1.165, 1.54) is 6.42 Å². The molecular weight excluding hydrogens is 152 g/mol. The molecule has 0 aromatic heterocycles. The van der Waals surface area contributed by atoms with E-state index in [-0.39, 0.29) is 5.60 Å². The summed E-state index contributed by atoms with van der Waals surface area (Å²) >= 11 is 0. The fourth-order valence-electron chi connectivity index (χ4n) is 2.23. The quantitative estimate of drug-likeness (QED) is 0.638. The van der Waals surface area contributed by atoms with E-state index >= 15 is 0 Å². The molecule has 1 fully saturated rings. The molecule has 3 heteroatoms. The normalized spacial score (nSPS) is 43.6. The standard InChI is InChI=1S/C9H16N2O/c1-8(2)4-6(8)9(3)5-11-7(10)12-9/h6H,4-5H2,1-3H3,(H2,10,11). The summed E-state index contributed by atoms with van der Waals surface area (Å²) in [6, 6.07) is 0.361. The second-order valence-corrected chi connectivity index (χ2v) is 4.81. The molecular formula is C9H16N2O. The summed E-state index contributed by atoms with van der Waals surface area (Å²) in [4.78, 5) is 4.09. The Morgan fingerprint density at radius 1 is 1.50 bits per heavy atom. The van der Waals surface area contributed by atoms with Crippen LogP contribution in [0.5, 0.6) is 0 Å². The second-order valence-electron chi connectivity index (χ2n) is 4.81. The van der Waals surface area contributed by atoms with Gasteiger partial charge in [0.25, 0.3) is 6.02 Å². The number of amidine groups is 1. The number of hydrogen-bond donors (Lipinski definition) is 1. The lowest BCUT2D eigenvalue weighted by Crippen LogP contribution is -2.35. The third-order valence-electron chi connectivity index (χ3n) is 3.14. The summed E-state index contributed by atoms with van der Waals surface area (Å²) in [6.45, 7) is 7.37. The highest BCUT2D eigenvalue weighted by Crippen LogP contribution is 2.58. The van der Waals surface area contributed by atoms with Crippen LogP contribution in [-0.4, -0.2) is 18.2 Å². The Kier molecular flexibility index (Phi) is 1.28. The van der Waals surface area contributed by atoms with E-state index in [0.29, 0.717) is 17.4 Å². The zero-order valence-electron chi connectivity index (χ0n) is 7.92. The summed E-state index contributed by atoms with van der Waals surface area (Å²) in [5, 5.41) is 0. The van der Waals surface area contributed by atoms with Crippen molar-refractivity contribution in [3.8, 4) is 0 Å². The van der Waals surface area contributed by atoms with Crippen LogP contribution in [0.2, 0.25) is 0 Å². The van der Waals surface area contributed by atoms with Crippen molar-refractivity contribution in [1.29, 1.82) is 0 Å². The van der Waals surface area contributed by atoms with Gasteiger partial charge in [-0.15, -0.1) is 0 Å². The number of nitrogens with two attached hydrogens (primary N) is 1. The van der Waals surface area contributed by atoms with Gasteiger partial charge >= 0.3 is 0 Å². The third kappa shape index (κ3) is 0.993. The van der Waals surface area contributed by atoms with E-state index in [4.69, 9.17) is 10.5 Å². The van der Waals surface area contributed by atoms with Gasteiger partial charge in [-0.25, -0.2) is 4.99 Å². The molecule has 2 N–H and O–H groups in total. The van der Waals surface area contributed by atoms with Gasteiger partial charge in [0.15, 0.2) is 0 Å². The molecule has 12 heavy (non-hydrogen) atoms. The van der Waals surface area contributed by atoms with Crippen LogP contribution in [-0.2, 0) is 4.74 Å². The molecule has 3 nitrogen and oxygen atoms in total. The van der Waals surface area contributed by atoms with Crippen LogP contribution in [0.15, 0.2) is 4.99 Å². The van der Waals surface area contributed by atoms with Crippen LogP contribution in [0.1, 0.15) is 27.2 Å². The lowest BCUT2D eigenvalue weighted by Gasteiger charge is -2.24. The first-order valence-corrected chi connectivity index (χ1v) is 4.43. The molecule has 68 valence electrons. The number of ether oxygens (including phenoxy) is 1. The summed E-state index contributed by atoms with van der Waals surface area (Å²) in [7, 11) is 0. The highest BCUT2D eigenvalue weighted by atomic mass is 16.5. The topological polar surface area (TPSA) is 47.6 Å². The monoisotopic (exact) mass is 168 g/mol. The van der Waals surface area contributed by atoms with E-state index < -0.39 is 0 Å². The molecule has 2 rings (SSSR count). The van der Waals surface area contributed by atoms with E-state index in [9.17, 15) is 0 Å². The lowest BCUT2D eigenvalue weighted by molar-refractivity contribution is 0.0685. The molecule has 0 aromatic carbocycles. The van der Waals surface area contributed by atoms with Gasteiger partial charge in [-0.1, -0.05) is 13.8 Å². The smallest absolute Gasteiger partial charge is 0.282 e. The Morgan fingerprint density at radius 2 is 2.08 bits per heavy atom. The van der Waals surface area contributed by atoms with E-state index in [1.54, 1.807) is 0 Å². The summed E-state index contributed by atoms with van der Waals surface area (Å²) in [6.07, 6.45) is 1.23. The molecule has 0 radical (unpaired) electrons. The number of nitrogens with zero attached hydrogens (tertiary/aromatic N) is 1. The molecule has 0 saturated heterocycles. The Labute approximate surface area is 73.0 Å². The summed E-state index contributed by atoms with van der Waals surface area (Å²) in [5.74, 6) is 0.620. The summed E-state index contributed by atoms with van der Waals surface area (Å²) in [5.41, 5.74) is 5.80. The van der Waals surface area contributed by atoms with Gasteiger partial charge in [-0.3, -0.25) is 0 Å². The largest absolute Gasteiger partial charge is 0.457 e. The van der Waals surface area contributed by atoms with Gasteiger partial charge in [0.1, 0.15) is 5.60 Å². The first-order valence-electron chi connectivity index (χ1n) is 4.43.